The van der Waals surface area contributed by atoms with Gasteiger partial charge in [-0.3, -0.25) is 9.59 Å². The van der Waals surface area contributed by atoms with Crippen molar-refractivity contribution in [2.24, 2.45) is 11.8 Å². The molecule has 0 bridgehead atoms. The van der Waals surface area contributed by atoms with Gasteiger partial charge >= 0.3 is 0 Å². The molecular formula is C26H34N6O3. The van der Waals surface area contributed by atoms with Gasteiger partial charge in [0.15, 0.2) is 0 Å². The molecule has 2 aromatic heterocycles. The standard InChI is InChI=1S/C26H34N6O3/c1-3-18-8-9-21(32-31-18)29-23(17-6-4-16(2)5-7-17)24(33)30-22-14-20-19(15-27-22)26(25(34)28-20)10-12-35-13-11-26/h8-9,14-17,23H,3-7,10-13H2,1-2H3,(H,28,34)(H,29,32)(H,27,30,33)/t16?,17?,23-/m0/s1. The molecule has 0 aromatic carbocycles. The highest BCUT2D eigenvalue weighted by molar-refractivity contribution is 6.07. The first-order valence-corrected chi connectivity index (χ1v) is 12.8. The predicted octanol–water partition coefficient (Wildman–Crippen LogP) is 3.68. The number of aromatic nitrogens is 3. The number of ether oxygens (including phenoxy) is 1. The fourth-order valence-corrected chi connectivity index (χ4v) is 5.59. The molecule has 3 N–H and O–H groups in total. The Labute approximate surface area is 205 Å². The number of nitrogens with zero attached hydrogens (tertiary/aromatic N) is 3. The molecule has 5 rings (SSSR count). The maximum atomic E-state index is 13.5. The topological polar surface area (TPSA) is 118 Å². The average molecular weight is 479 g/mol. The van der Waals surface area contributed by atoms with Gasteiger partial charge in [0.2, 0.25) is 11.8 Å². The van der Waals surface area contributed by atoms with E-state index in [4.69, 9.17) is 4.74 Å². The second kappa shape index (κ2) is 9.89. The van der Waals surface area contributed by atoms with E-state index >= 15 is 0 Å². The van der Waals surface area contributed by atoms with Gasteiger partial charge in [-0.05, 0) is 56.1 Å². The largest absolute Gasteiger partial charge is 0.381 e. The van der Waals surface area contributed by atoms with Gasteiger partial charge < -0.3 is 20.7 Å². The fraction of sp³-hybridized carbons (Fsp3) is 0.577. The molecule has 4 heterocycles. The molecule has 1 atom stereocenters. The lowest BCUT2D eigenvalue weighted by Crippen LogP contribution is -2.42. The Morgan fingerprint density at radius 3 is 2.63 bits per heavy atom. The summed E-state index contributed by atoms with van der Waals surface area (Å²) in [5.74, 6) is 1.74. The van der Waals surface area contributed by atoms with Crippen LogP contribution in [-0.4, -0.2) is 46.3 Å². The molecule has 2 aromatic rings. The van der Waals surface area contributed by atoms with E-state index in [2.05, 4.69) is 38.1 Å². The van der Waals surface area contributed by atoms with Crippen LogP contribution in [0.5, 0.6) is 0 Å². The second-order valence-electron chi connectivity index (χ2n) is 10.2. The molecule has 186 valence electrons. The van der Waals surface area contributed by atoms with Crippen LogP contribution in [0.15, 0.2) is 24.4 Å². The van der Waals surface area contributed by atoms with Crippen LogP contribution in [0, 0.1) is 11.8 Å². The molecule has 9 heteroatoms. The Bertz CT molecular complexity index is 1070. The molecule has 9 nitrogen and oxygen atoms in total. The summed E-state index contributed by atoms with van der Waals surface area (Å²) in [6.07, 6.45) is 7.99. The molecule has 1 saturated carbocycles. The number of carbonyl (C=O) groups is 2. The molecule has 2 aliphatic heterocycles. The van der Waals surface area contributed by atoms with Crippen LogP contribution in [0.3, 0.4) is 0 Å². The zero-order valence-electron chi connectivity index (χ0n) is 20.5. The highest BCUT2D eigenvalue weighted by atomic mass is 16.5. The zero-order chi connectivity index (χ0) is 24.4. The van der Waals surface area contributed by atoms with Gasteiger partial charge in [-0.2, -0.15) is 5.10 Å². The number of hydrogen-bond donors (Lipinski definition) is 3. The number of nitrogens with one attached hydrogen (secondary N) is 3. The van der Waals surface area contributed by atoms with E-state index in [1.54, 1.807) is 12.3 Å². The first-order valence-electron chi connectivity index (χ1n) is 12.8. The lowest BCUT2D eigenvalue weighted by Gasteiger charge is -2.32. The second-order valence-corrected chi connectivity index (χ2v) is 10.2. The Morgan fingerprint density at radius 1 is 1.17 bits per heavy atom. The molecule has 35 heavy (non-hydrogen) atoms. The van der Waals surface area contributed by atoms with Crippen LogP contribution >= 0.6 is 0 Å². The van der Waals surface area contributed by atoms with Crippen LogP contribution in [-0.2, 0) is 26.2 Å². The lowest BCUT2D eigenvalue weighted by molar-refractivity contribution is -0.124. The molecule has 3 aliphatic rings. The smallest absolute Gasteiger partial charge is 0.248 e. The zero-order valence-corrected chi connectivity index (χ0v) is 20.5. The van der Waals surface area contributed by atoms with E-state index in [0.29, 0.717) is 43.6 Å². The first kappa shape index (κ1) is 23.7. The van der Waals surface area contributed by atoms with Crippen molar-refractivity contribution in [1.29, 1.82) is 0 Å². The monoisotopic (exact) mass is 478 g/mol. The van der Waals surface area contributed by atoms with Gasteiger partial charge in [-0.1, -0.05) is 26.7 Å². The molecule has 1 spiro atoms. The van der Waals surface area contributed by atoms with Gasteiger partial charge in [-0.15, -0.1) is 5.10 Å². The van der Waals surface area contributed by atoms with Crippen molar-refractivity contribution in [3.63, 3.8) is 0 Å². The van der Waals surface area contributed by atoms with Gasteiger partial charge in [-0.25, -0.2) is 4.98 Å². The number of hydrogen-bond acceptors (Lipinski definition) is 7. The SMILES string of the molecule is CCc1ccc(N[C@H](C(=O)Nc2cc3c(cn2)C2(CCOCC2)C(=O)N3)C2CCC(C)CC2)nn1. The van der Waals surface area contributed by atoms with Crippen molar-refractivity contribution in [3.8, 4) is 0 Å². The normalized spacial score (nSPS) is 23.9. The van der Waals surface area contributed by atoms with E-state index < -0.39 is 11.5 Å². The van der Waals surface area contributed by atoms with Crippen LogP contribution < -0.4 is 16.0 Å². The number of rotatable bonds is 6. The van der Waals surface area contributed by atoms with Crippen molar-refractivity contribution in [2.75, 3.05) is 29.2 Å². The number of anilines is 3. The first-order chi connectivity index (χ1) is 17.0. The summed E-state index contributed by atoms with van der Waals surface area (Å²) < 4.78 is 5.47. The predicted molar refractivity (Wildman–Crippen MR) is 133 cm³/mol. The maximum Gasteiger partial charge on any atom is 0.248 e. The molecule has 1 aliphatic carbocycles. The summed E-state index contributed by atoms with van der Waals surface area (Å²) in [5, 5.41) is 17.8. The molecule has 0 radical (unpaired) electrons. The summed E-state index contributed by atoms with van der Waals surface area (Å²) in [5.41, 5.74) is 1.95. The molecule has 2 fully saturated rings. The Hall–Kier alpha value is -3.07. The number of aryl methyl sites for hydroxylation is 1. The van der Waals surface area contributed by atoms with Crippen molar-refractivity contribution < 1.29 is 14.3 Å². The highest BCUT2D eigenvalue weighted by Crippen LogP contribution is 2.44. The molecule has 0 unspecified atom stereocenters. The van der Waals surface area contributed by atoms with Crippen molar-refractivity contribution in [3.05, 3.63) is 35.7 Å². The van der Waals surface area contributed by atoms with Crippen LogP contribution in [0.1, 0.15) is 63.6 Å². The Balaban J connectivity index is 1.35. The minimum atomic E-state index is -0.574. The summed E-state index contributed by atoms with van der Waals surface area (Å²) in [4.78, 5) is 30.9. The number of carbonyl (C=O) groups excluding carboxylic acids is 2. The van der Waals surface area contributed by atoms with Gasteiger partial charge in [0.05, 0.1) is 16.8 Å². The third kappa shape index (κ3) is 4.74. The maximum absolute atomic E-state index is 13.5. The third-order valence-electron chi connectivity index (χ3n) is 7.90. The van der Waals surface area contributed by atoms with E-state index in [0.717, 1.165) is 49.0 Å². The van der Waals surface area contributed by atoms with E-state index in [1.165, 1.54) is 0 Å². The van der Waals surface area contributed by atoms with Crippen LogP contribution in [0.4, 0.5) is 17.3 Å². The number of fused-ring (bicyclic) bond motifs is 2. The summed E-state index contributed by atoms with van der Waals surface area (Å²) in [6.45, 7) is 5.41. The van der Waals surface area contributed by atoms with E-state index in [9.17, 15) is 9.59 Å². The van der Waals surface area contributed by atoms with Gasteiger partial charge in [0.25, 0.3) is 0 Å². The van der Waals surface area contributed by atoms with Crippen molar-refractivity contribution in [2.45, 2.75) is 70.3 Å². The molecular weight excluding hydrogens is 444 g/mol. The van der Waals surface area contributed by atoms with Crippen molar-refractivity contribution in [1.82, 2.24) is 15.2 Å². The summed E-state index contributed by atoms with van der Waals surface area (Å²) in [7, 11) is 0. The minimum Gasteiger partial charge on any atom is -0.381 e. The molecule has 1 saturated heterocycles. The van der Waals surface area contributed by atoms with Gasteiger partial charge in [0.1, 0.15) is 17.7 Å². The van der Waals surface area contributed by atoms with E-state index in [1.807, 2.05) is 19.1 Å². The summed E-state index contributed by atoms with van der Waals surface area (Å²) in [6, 6.07) is 5.14. The van der Waals surface area contributed by atoms with Crippen LogP contribution in [0.25, 0.3) is 0 Å². The number of pyridine rings is 1. The summed E-state index contributed by atoms with van der Waals surface area (Å²) >= 11 is 0. The van der Waals surface area contributed by atoms with Crippen molar-refractivity contribution >= 4 is 29.1 Å². The third-order valence-corrected chi connectivity index (χ3v) is 7.90. The quantitative estimate of drug-likeness (QED) is 0.580. The van der Waals surface area contributed by atoms with E-state index in [-0.39, 0.29) is 17.7 Å². The average Bonchev–Trinajstić information content (AvgIpc) is 3.13. The minimum absolute atomic E-state index is 0.00829. The number of amides is 2. The lowest BCUT2D eigenvalue weighted by atomic mass is 9.76. The fourth-order valence-electron chi connectivity index (χ4n) is 5.59. The Morgan fingerprint density at radius 2 is 1.94 bits per heavy atom. The highest BCUT2D eigenvalue weighted by Gasteiger charge is 2.48. The Kier molecular flexibility index (Phi) is 6.69. The van der Waals surface area contributed by atoms with Gasteiger partial charge in [0, 0.05) is 31.0 Å². The van der Waals surface area contributed by atoms with Crippen LogP contribution in [0.2, 0.25) is 0 Å². The molecule has 2 amide bonds.